The predicted octanol–water partition coefficient (Wildman–Crippen LogP) is 3.99. The van der Waals surface area contributed by atoms with Crippen molar-refractivity contribution in [3.63, 3.8) is 0 Å². The number of benzene rings is 2. The summed E-state index contributed by atoms with van der Waals surface area (Å²) in [7, 11) is 0. The van der Waals surface area contributed by atoms with Crippen LogP contribution in [0.15, 0.2) is 53.0 Å². The fourth-order valence-corrected chi connectivity index (χ4v) is 3.77. The monoisotopic (exact) mass is 400 g/mol. The van der Waals surface area contributed by atoms with Crippen LogP contribution in [-0.4, -0.2) is 18.4 Å². The number of halogens is 1. The van der Waals surface area contributed by atoms with Gasteiger partial charge in [-0.2, -0.15) is 0 Å². The van der Waals surface area contributed by atoms with Crippen LogP contribution in [0.4, 0.5) is 5.69 Å². The fourth-order valence-electron chi connectivity index (χ4n) is 3.27. The molecule has 0 bridgehead atoms. The second-order valence-corrected chi connectivity index (χ2v) is 7.30. The molecule has 2 amide bonds. The lowest BCUT2D eigenvalue weighted by atomic mass is 10.0. The van der Waals surface area contributed by atoms with Gasteiger partial charge >= 0.3 is 0 Å². The van der Waals surface area contributed by atoms with Gasteiger partial charge in [0.25, 0.3) is 0 Å². The lowest BCUT2D eigenvalue weighted by Gasteiger charge is -2.20. The lowest BCUT2D eigenvalue weighted by Crippen LogP contribution is -2.34. The normalized spacial score (nSPS) is 18.3. The molecule has 1 heterocycles. The summed E-state index contributed by atoms with van der Waals surface area (Å²) in [6.45, 7) is 4.42. The van der Waals surface area contributed by atoms with Crippen molar-refractivity contribution in [3.8, 4) is 0 Å². The van der Waals surface area contributed by atoms with Crippen LogP contribution in [0.2, 0.25) is 0 Å². The van der Waals surface area contributed by atoms with Crippen molar-refractivity contribution in [2.75, 3.05) is 11.4 Å². The quantitative estimate of drug-likeness (QED) is 0.843. The topological polar surface area (TPSA) is 49.4 Å². The molecule has 1 aliphatic rings. The summed E-state index contributed by atoms with van der Waals surface area (Å²) in [5.74, 6) is -0.416. The maximum atomic E-state index is 12.6. The van der Waals surface area contributed by atoms with E-state index in [9.17, 15) is 9.59 Å². The van der Waals surface area contributed by atoms with E-state index in [4.69, 9.17) is 0 Å². The molecule has 0 unspecified atom stereocenters. The summed E-state index contributed by atoms with van der Waals surface area (Å²) in [4.78, 5) is 26.7. The molecule has 1 N–H and O–H groups in total. The Hall–Kier alpha value is -2.14. The zero-order valence-electron chi connectivity index (χ0n) is 14.3. The Morgan fingerprint density at radius 2 is 1.88 bits per heavy atom. The molecule has 4 nitrogen and oxygen atoms in total. The standard InChI is InChI=1S/C20H21BrN2O2/c1-13-7-3-4-8-16(13)14(2)22-20(25)15-11-19(24)23(12-15)18-10-6-5-9-17(18)21/h3-10,14-15H,11-12H2,1-2H3,(H,22,25)/t14-,15-/m0/s1. The van der Waals surface area contributed by atoms with E-state index in [0.717, 1.165) is 21.3 Å². The zero-order chi connectivity index (χ0) is 18.0. The number of para-hydroxylation sites is 1. The number of hydrogen-bond acceptors (Lipinski definition) is 2. The number of rotatable bonds is 4. The first-order valence-corrected chi connectivity index (χ1v) is 9.17. The average Bonchev–Trinajstić information content (AvgIpc) is 2.97. The van der Waals surface area contributed by atoms with Gasteiger partial charge < -0.3 is 10.2 Å². The number of carbonyl (C=O) groups excluding carboxylic acids is 2. The van der Waals surface area contributed by atoms with Crippen molar-refractivity contribution in [2.45, 2.75) is 26.3 Å². The molecule has 0 spiro atoms. The van der Waals surface area contributed by atoms with Crippen molar-refractivity contribution in [1.29, 1.82) is 0 Å². The molecule has 2 aromatic rings. The van der Waals surface area contributed by atoms with E-state index < -0.39 is 0 Å². The molecule has 0 radical (unpaired) electrons. The molecule has 2 atom stereocenters. The van der Waals surface area contributed by atoms with Gasteiger partial charge in [-0.3, -0.25) is 9.59 Å². The van der Waals surface area contributed by atoms with Gasteiger partial charge in [0.1, 0.15) is 0 Å². The van der Waals surface area contributed by atoms with Crippen molar-refractivity contribution in [1.82, 2.24) is 5.32 Å². The molecular formula is C20H21BrN2O2. The first kappa shape index (κ1) is 17.7. The molecule has 1 fully saturated rings. The highest BCUT2D eigenvalue weighted by Crippen LogP contribution is 2.31. The third-order valence-electron chi connectivity index (χ3n) is 4.65. The van der Waals surface area contributed by atoms with Crippen LogP contribution in [0.3, 0.4) is 0 Å². The molecule has 0 aromatic heterocycles. The third kappa shape index (κ3) is 3.76. The minimum Gasteiger partial charge on any atom is -0.349 e. The Balaban J connectivity index is 1.69. The first-order valence-electron chi connectivity index (χ1n) is 8.38. The van der Waals surface area contributed by atoms with Crippen LogP contribution >= 0.6 is 15.9 Å². The minimum absolute atomic E-state index is 0.0180. The number of carbonyl (C=O) groups is 2. The van der Waals surface area contributed by atoms with Crippen LogP contribution in [0, 0.1) is 12.8 Å². The van der Waals surface area contributed by atoms with E-state index in [1.165, 1.54) is 0 Å². The summed E-state index contributed by atoms with van der Waals surface area (Å²) in [5.41, 5.74) is 3.06. The molecule has 3 rings (SSSR count). The fraction of sp³-hybridized carbons (Fsp3) is 0.300. The molecule has 0 saturated carbocycles. The van der Waals surface area contributed by atoms with Crippen molar-refractivity contribution >= 4 is 33.4 Å². The molecule has 5 heteroatoms. The van der Waals surface area contributed by atoms with E-state index in [1.54, 1.807) is 4.90 Å². The van der Waals surface area contributed by atoms with Gasteiger partial charge in [0.05, 0.1) is 17.6 Å². The van der Waals surface area contributed by atoms with Crippen molar-refractivity contribution in [2.24, 2.45) is 5.92 Å². The molecule has 25 heavy (non-hydrogen) atoms. The van der Waals surface area contributed by atoms with E-state index in [-0.39, 0.29) is 30.2 Å². The molecular weight excluding hydrogens is 380 g/mol. The van der Waals surface area contributed by atoms with Crippen molar-refractivity contribution < 1.29 is 9.59 Å². The lowest BCUT2D eigenvalue weighted by molar-refractivity contribution is -0.126. The Morgan fingerprint density at radius 3 is 2.60 bits per heavy atom. The van der Waals surface area contributed by atoms with Crippen LogP contribution in [0.5, 0.6) is 0 Å². The van der Waals surface area contributed by atoms with Gasteiger partial charge in [-0.25, -0.2) is 0 Å². The highest BCUT2D eigenvalue weighted by molar-refractivity contribution is 9.10. The van der Waals surface area contributed by atoms with E-state index in [0.29, 0.717) is 6.54 Å². The Labute approximate surface area is 156 Å². The Morgan fingerprint density at radius 1 is 1.20 bits per heavy atom. The largest absolute Gasteiger partial charge is 0.349 e. The van der Waals surface area contributed by atoms with E-state index in [2.05, 4.69) is 21.2 Å². The molecule has 0 aliphatic carbocycles. The van der Waals surface area contributed by atoms with Crippen LogP contribution in [0.25, 0.3) is 0 Å². The predicted molar refractivity (Wildman–Crippen MR) is 102 cm³/mol. The SMILES string of the molecule is Cc1ccccc1[C@H](C)NC(=O)[C@H]1CC(=O)N(c2ccccc2Br)C1. The van der Waals surface area contributed by atoms with Gasteiger partial charge in [-0.15, -0.1) is 0 Å². The van der Waals surface area contributed by atoms with Gasteiger partial charge in [0, 0.05) is 17.4 Å². The maximum Gasteiger partial charge on any atom is 0.227 e. The summed E-state index contributed by atoms with van der Waals surface area (Å²) in [5, 5.41) is 3.06. The molecule has 1 aliphatic heterocycles. The van der Waals surface area contributed by atoms with Crippen LogP contribution < -0.4 is 10.2 Å². The smallest absolute Gasteiger partial charge is 0.227 e. The average molecular weight is 401 g/mol. The molecule has 2 aromatic carbocycles. The van der Waals surface area contributed by atoms with Gasteiger partial charge in [-0.1, -0.05) is 36.4 Å². The summed E-state index contributed by atoms with van der Waals surface area (Å²) in [6.07, 6.45) is 0.244. The maximum absolute atomic E-state index is 12.6. The van der Waals surface area contributed by atoms with Gasteiger partial charge in [0.15, 0.2) is 0 Å². The molecule has 130 valence electrons. The van der Waals surface area contributed by atoms with Crippen LogP contribution in [0.1, 0.15) is 30.5 Å². The number of anilines is 1. The number of hydrogen-bond donors (Lipinski definition) is 1. The minimum atomic E-state index is -0.328. The second-order valence-electron chi connectivity index (χ2n) is 6.44. The summed E-state index contributed by atoms with van der Waals surface area (Å²) >= 11 is 3.48. The highest BCUT2D eigenvalue weighted by Gasteiger charge is 2.36. The summed E-state index contributed by atoms with van der Waals surface area (Å²) in [6, 6.07) is 15.5. The highest BCUT2D eigenvalue weighted by atomic mass is 79.9. The first-order chi connectivity index (χ1) is 12.0. The zero-order valence-corrected chi connectivity index (χ0v) is 15.9. The number of amides is 2. The summed E-state index contributed by atoms with van der Waals surface area (Å²) < 4.78 is 0.859. The van der Waals surface area contributed by atoms with E-state index >= 15 is 0 Å². The second kappa shape index (κ2) is 7.40. The van der Waals surface area contributed by atoms with Gasteiger partial charge in [0.2, 0.25) is 11.8 Å². The molecule has 1 saturated heterocycles. The van der Waals surface area contributed by atoms with E-state index in [1.807, 2.05) is 62.4 Å². The Bertz CT molecular complexity index is 806. The number of nitrogens with one attached hydrogen (secondary N) is 1. The Kier molecular flexibility index (Phi) is 5.23. The third-order valence-corrected chi connectivity index (χ3v) is 5.32. The van der Waals surface area contributed by atoms with Crippen LogP contribution in [-0.2, 0) is 9.59 Å². The number of aryl methyl sites for hydroxylation is 1. The van der Waals surface area contributed by atoms with Gasteiger partial charge in [-0.05, 0) is 53.0 Å². The number of nitrogens with zero attached hydrogens (tertiary/aromatic N) is 1. The van der Waals surface area contributed by atoms with Crippen molar-refractivity contribution in [3.05, 3.63) is 64.1 Å².